The smallest absolute Gasteiger partial charge is 0.415 e. The quantitative estimate of drug-likeness (QED) is 0.281. The van der Waals surface area contributed by atoms with Crippen LogP contribution in [-0.4, -0.2) is 10.9 Å². The van der Waals surface area contributed by atoms with Gasteiger partial charge in [0.05, 0.1) is 16.1 Å². The Morgan fingerprint density at radius 1 is 1.13 bits per heavy atom. The fourth-order valence-corrected chi connectivity index (χ4v) is 1.70. The van der Waals surface area contributed by atoms with Gasteiger partial charge < -0.3 is 4.74 Å². The van der Waals surface area contributed by atoms with Crippen LogP contribution in [0.1, 0.15) is 15.9 Å². The van der Waals surface area contributed by atoms with Gasteiger partial charge in [-0.25, -0.2) is 9.18 Å². The molecular weight excluding hydrogens is 322 g/mol. The van der Waals surface area contributed by atoms with Crippen LogP contribution in [-0.2, 0) is 6.18 Å². The largest absolute Gasteiger partial charge is 0.416 e. The van der Waals surface area contributed by atoms with E-state index in [1.165, 1.54) is 12.1 Å². The molecule has 0 bridgehead atoms. The van der Waals surface area contributed by atoms with Crippen LogP contribution in [0.4, 0.5) is 23.2 Å². The summed E-state index contributed by atoms with van der Waals surface area (Å²) in [6, 6.07) is 6.10. The molecule has 120 valence electrons. The van der Waals surface area contributed by atoms with Gasteiger partial charge in [-0.3, -0.25) is 10.1 Å². The van der Waals surface area contributed by atoms with E-state index in [4.69, 9.17) is 0 Å². The van der Waals surface area contributed by atoms with Crippen molar-refractivity contribution in [1.29, 1.82) is 0 Å². The zero-order valence-corrected chi connectivity index (χ0v) is 11.1. The molecule has 2 rings (SSSR count). The average Bonchev–Trinajstić information content (AvgIpc) is 2.46. The molecule has 0 fully saturated rings. The lowest BCUT2D eigenvalue weighted by Gasteiger charge is -2.09. The molecule has 5 nitrogen and oxygen atoms in total. The van der Waals surface area contributed by atoms with Gasteiger partial charge in [-0.2, -0.15) is 13.2 Å². The maximum atomic E-state index is 13.4. The molecule has 0 saturated heterocycles. The monoisotopic (exact) mass is 329 g/mol. The Kier molecular flexibility index (Phi) is 4.30. The number of esters is 1. The van der Waals surface area contributed by atoms with E-state index in [-0.39, 0.29) is 6.07 Å². The fourth-order valence-electron chi connectivity index (χ4n) is 1.70. The van der Waals surface area contributed by atoms with Crippen LogP contribution in [0.2, 0.25) is 0 Å². The van der Waals surface area contributed by atoms with Crippen LogP contribution in [0.15, 0.2) is 42.5 Å². The first-order chi connectivity index (χ1) is 10.7. The number of alkyl halides is 3. The summed E-state index contributed by atoms with van der Waals surface area (Å²) >= 11 is 0. The van der Waals surface area contributed by atoms with Crippen molar-refractivity contribution in [2.45, 2.75) is 6.18 Å². The van der Waals surface area contributed by atoms with Gasteiger partial charge in [-0.05, 0) is 24.3 Å². The summed E-state index contributed by atoms with van der Waals surface area (Å²) in [6.07, 6.45) is -4.79. The van der Waals surface area contributed by atoms with E-state index in [0.29, 0.717) is 12.1 Å². The summed E-state index contributed by atoms with van der Waals surface area (Å²) in [5.41, 5.74) is -2.82. The molecule has 0 aliphatic rings. The minimum absolute atomic E-state index is 0.240. The molecule has 0 unspecified atom stereocenters. The number of nitrogens with zero attached hydrogens (tertiary/aromatic N) is 1. The Bertz CT molecular complexity index is 774. The van der Waals surface area contributed by atoms with Gasteiger partial charge in [-0.1, -0.05) is 12.1 Å². The van der Waals surface area contributed by atoms with Gasteiger partial charge in [0.1, 0.15) is 5.82 Å². The maximum Gasteiger partial charge on any atom is 0.416 e. The van der Waals surface area contributed by atoms with Gasteiger partial charge in [0, 0.05) is 6.07 Å². The third-order valence-electron chi connectivity index (χ3n) is 2.78. The molecule has 23 heavy (non-hydrogen) atoms. The normalized spacial score (nSPS) is 11.1. The van der Waals surface area contributed by atoms with Crippen molar-refractivity contribution in [1.82, 2.24) is 0 Å². The van der Waals surface area contributed by atoms with Crippen LogP contribution >= 0.6 is 0 Å². The summed E-state index contributed by atoms with van der Waals surface area (Å²) < 4.78 is 55.8. The minimum Gasteiger partial charge on any atom is -0.415 e. The van der Waals surface area contributed by atoms with Crippen LogP contribution in [0.5, 0.6) is 5.75 Å². The number of ether oxygens (including phenoxy) is 1. The second-order valence-electron chi connectivity index (χ2n) is 4.31. The maximum absolute atomic E-state index is 13.4. The average molecular weight is 329 g/mol. The van der Waals surface area contributed by atoms with Gasteiger partial charge in [-0.15, -0.1) is 0 Å². The first kappa shape index (κ1) is 16.4. The molecule has 0 saturated carbocycles. The highest BCUT2D eigenvalue weighted by Crippen LogP contribution is 2.36. The third kappa shape index (κ3) is 3.62. The van der Waals surface area contributed by atoms with E-state index >= 15 is 0 Å². The Balaban J connectivity index is 2.38. The number of nitro groups is 1. The van der Waals surface area contributed by atoms with Crippen LogP contribution in [0.3, 0.4) is 0 Å². The van der Waals surface area contributed by atoms with Gasteiger partial charge in [0.25, 0.3) is 0 Å². The number of hydrogen-bond acceptors (Lipinski definition) is 4. The number of rotatable bonds is 3. The highest BCUT2D eigenvalue weighted by atomic mass is 19.4. The lowest BCUT2D eigenvalue weighted by molar-refractivity contribution is -0.385. The highest BCUT2D eigenvalue weighted by molar-refractivity contribution is 5.91. The molecule has 2 aromatic rings. The van der Waals surface area contributed by atoms with E-state index in [9.17, 15) is 32.5 Å². The van der Waals surface area contributed by atoms with E-state index in [1.54, 1.807) is 0 Å². The van der Waals surface area contributed by atoms with Crippen molar-refractivity contribution in [3.05, 3.63) is 69.5 Å². The zero-order chi connectivity index (χ0) is 17.2. The number of halogens is 4. The van der Waals surface area contributed by atoms with Gasteiger partial charge in [0.2, 0.25) is 5.75 Å². The molecule has 0 amide bonds. The Morgan fingerprint density at radius 2 is 1.78 bits per heavy atom. The van der Waals surface area contributed by atoms with Crippen molar-refractivity contribution in [3.63, 3.8) is 0 Å². The SMILES string of the molecule is O=C(Oc1ccc(C(F)(F)F)cc1[N+](=O)[O-])c1ccccc1F. The highest BCUT2D eigenvalue weighted by Gasteiger charge is 2.33. The van der Waals surface area contributed by atoms with Crippen molar-refractivity contribution >= 4 is 11.7 Å². The van der Waals surface area contributed by atoms with E-state index < -0.39 is 45.4 Å². The molecule has 9 heteroatoms. The minimum atomic E-state index is -4.79. The molecule has 2 aromatic carbocycles. The molecule has 0 N–H and O–H groups in total. The lowest BCUT2D eigenvalue weighted by atomic mass is 10.1. The van der Waals surface area contributed by atoms with Crippen LogP contribution in [0.25, 0.3) is 0 Å². The predicted octanol–water partition coefficient (Wildman–Crippen LogP) is 3.97. The molecule has 0 aliphatic heterocycles. The molecule has 0 atom stereocenters. The number of carbonyl (C=O) groups is 1. The Morgan fingerprint density at radius 3 is 2.35 bits per heavy atom. The van der Waals surface area contributed by atoms with Crippen LogP contribution in [0, 0.1) is 15.9 Å². The molecular formula is C14H7F4NO4. The van der Waals surface area contributed by atoms with Crippen molar-refractivity contribution < 1.29 is 32.0 Å². The summed E-state index contributed by atoms with van der Waals surface area (Å²) in [6.45, 7) is 0. The number of hydrogen-bond donors (Lipinski definition) is 0. The van der Waals surface area contributed by atoms with Crippen molar-refractivity contribution in [2.75, 3.05) is 0 Å². The summed E-state index contributed by atoms with van der Waals surface area (Å²) in [5.74, 6) is -2.89. The Labute approximate surface area is 126 Å². The third-order valence-corrected chi connectivity index (χ3v) is 2.78. The molecule has 0 aliphatic carbocycles. The molecule has 0 aromatic heterocycles. The van der Waals surface area contributed by atoms with E-state index in [0.717, 1.165) is 12.1 Å². The van der Waals surface area contributed by atoms with Crippen LogP contribution < -0.4 is 4.74 Å². The summed E-state index contributed by atoms with van der Waals surface area (Å²) in [4.78, 5) is 21.5. The molecule has 0 heterocycles. The molecule has 0 radical (unpaired) electrons. The number of carbonyl (C=O) groups excluding carboxylic acids is 1. The summed E-state index contributed by atoms with van der Waals surface area (Å²) in [7, 11) is 0. The van der Waals surface area contributed by atoms with E-state index in [1.807, 2.05) is 0 Å². The first-order valence-electron chi connectivity index (χ1n) is 6.02. The zero-order valence-electron chi connectivity index (χ0n) is 11.1. The number of nitro benzene ring substituents is 1. The fraction of sp³-hybridized carbons (Fsp3) is 0.0714. The standard InChI is InChI=1S/C14H7F4NO4/c15-10-4-2-1-3-9(10)13(20)23-12-6-5-8(14(16,17)18)7-11(12)19(21)22/h1-7H. The van der Waals surface area contributed by atoms with Crippen molar-refractivity contribution in [3.8, 4) is 5.75 Å². The Hall–Kier alpha value is -2.97. The number of benzene rings is 2. The van der Waals surface area contributed by atoms with E-state index in [2.05, 4.69) is 4.74 Å². The lowest BCUT2D eigenvalue weighted by Crippen LogP contribution is -2.12. The summed E-state index contributed by atoms with van der Waals surface area (Å²) in [5, 5.41) is 10.9. The van der Waals surface area contributed by atoms with Crippen molar-refractivity contribution in [2.24, 2.45) is 0 Å². The first-order valence-corrected chi connectivity index (χ1v) is 6.02. The van der Waals surface area contributed by atoms with Gasteiger partial charge in [0.15, 0.2) is 0 Å². The topological polar surface area (TPSA) is 69.4 Å². The van der Waals surface area contributed by atoms with Gasteiger partial charge >= 0.3 is 17.8 Å². The molecule has 0 spiro atoms. The second-order valence-corrected chi connectivity index (χ2v) is 4.31. The predicted molar refractivity (Wildman–Crippen MR) is 69.5 cm³/mol. The second kappa shape index (κ2) is 6.03.